The van der Waals surface area contributed by atoms with Gasteiger partial charge in [0.25, 0.3) is 0 Å². The van der Waals surface area contributed by atoms with Crippen molar-refractivity contribution in [1.29, 1.82) is 0 Å². The molecule has 0 saturated heterocycles. The van der Waals surface area contributed by atoms with E-state index in [0.717, 1.165) is 39.7 Å². The van der Waals surface area contributed by atoms with Crippen LogP contribution in [0.2, 0.25) is 0 Å². The van der Waals surface area contributed by atoms with Gasteiger partial charge in [-0.15, -0.1) is 0 Å². The van der Waals surface area contributed by atoms with Crippen LogP contribution in [0.4, 0.5) is 0 Å². The number of aryl methyl sites for hydroxylation is 1. The number of fused-ring (bicyclic) bond motifs is 3. The van der Waals surface area contributed by atoms with Crippen LogP contribution in [0.3, 0.4) is 0 Å². The Bertz CT molecular complexity index is 1070. The van der Waals surface area contributed by atoms with Crippen LogP contribution in [0.25, 0.3) is 33.3 Å². The van der Waals surface area contributed by atoms with Gasteiger partial charge >= 0.3 is 0 Å². The first kappa shape index (κ1) is 15.8. The van der Waals surface area contributed by atoms with Crippen molar-refractivity contribution in [2.75, 3.05) is 0 Å². The van der Waals surface area contributed by atoms with Gasteiger partial charge in [0.15, 0.2) is 0 Å². The fourth-order valence-electron chi connectivity index (χ4n) is 3.26. The minimum absolute atomic E-state index is 0.257. The van der Waals surface area contributed by atoms with Gasteiger partial charge in [-0.3, -0.25) is 4.98 Å². The third kappa shape index (κ3) is 3.14. The average Bonchev–Trinajstić information content (AvgIpc) is 2.90. The lowest BCUT2D eigenvalue weighted by Gasteiger charge is -2.18. The van der Waals surface area contributed by atoms with E-state index in [1.165, 1.54) is 5.56 Å². The van der Waals surface area contributed by atoms with Crippen LogP contribution in [0.5, 0.6) is 0 Å². The molecule has 0 atom stereocenters. The first-order valence-electron chi connectivity index (χ1n) is 8.64. The summed E-state index contributed by atoms with van der Waals surface area (Å²) in [6, 6.07) is 14.6. The van der Waals surface area contributed by atoms with Gasteiger partial charge in [-0.25, -0.2) is 4.98 Å². The molecule has 0 N–H and O–H groups in total. The summed E-state index contributed by atoms with van der Waals surface area (Å²) >= 11 is 0. The normalized spacial score (nSPS) is 12.2. The molecule has 0 radical (unpaired) electrons. The zero-order chi connectivity index (χ0) is 17.6. The quantitative estimate of drug-likeness (QED) is 0.456. The Morgan fingerprint density at radius 1 is 0.960 bits per heavy atom. The van der Waals surface area contributed by atoms with Gasteiger partial charge in [0.05, 0.1) is 5.69 Å². The van der Waals surface area contributed by atoms with Crippen molar-refractivity contribution >= 4 is 22.1 Å². The molecule has 0 aliphatic heterocycles. The molecule has 0 unspecified atom stereocenters. The number of hydrogen-bond acceptors (Lipinski definition) is 3. The highest BCUT2D eigenvalue weighted by molar-refractivity contribution is 6.04. The van der Waals surface area contributed by atoms with Gasteiger partial charge in [0.1, 0.15) is 5.58 Å². The van der Waals surface area contributed by atoms with Crippen molar-refractivity contribution in [2.45, 2.75) is 34.1 Å². The second kappa shape index (κ2) is 5.69. The second-order valence-corrected chi connectivity index (χ2v) is 7.91. The van der Waals surface area contributed by atoms with Crippen molar-refractivity contribution in [1.82, 2.24) is 9.97 Å². The van der Waals surface area contributed by atoms with Crippen molar-refractivity contribution < 1.29 is 4.42 Å². The predicted molar refractivity (Wildman–Crippen MR) is 103 cm³/mol. The Morgan fingerprint density at radius 2 is 1.80 bits per heavy atom. The van der Waals surface area contributed by atoms with Crippen molar-refractivity contribution in [3.63, 3.8) is 0 Å². The third-order valence-corrected chi connectivity index (χ3v) is 4.33. The Kier molecular flexibility index (Phi) is 3.60. The van der Waals surface area contributed by atoms with E-state index in [1.807, 2.05) is 25.3 Å². The van der Waals surface area contributed by atoms with Gasteiger partial charge in [0.2, 0.25) is 5.71 Å². The van der Waals surface area contributed by atoms with Crippen LogP contribution < -0.4 is 0 Å². The number of benzene rings is 1. The molecule has 0 amide bonds. The van der Waals surface area contributed by atoms with E-state index in [-0.39, 0.29) is 5.41 Å². The van der Waals surface area contributed by atoms with Crippen LogP contribution in [0, 0.1) is 12.3 Å². The van der Waals surface area contributed by atoms with Gasteiger partial charge in [-0.2, -0.15) is 0 Å². The SMILES string of the molecule is Cc1ccc2c(n1)oc1ccc(-c3cc(CC(C)(C)C)ccn3)cc12. The minimum atomic E-state index is 0.257. The topological polar surface area (TPSA) is 38.9 Å². The number of nitrogens with zero attached hydrogens (tertiary/aromatic N) is 2. The maximum absolute atomic E-state index is 5.88. The zero-order valence-corrected chi connectivity index (χ0v) is 15.1. The molecule has 25 heavy (non-hydrogen) atoms. The molecule has 0 aliphatic rings. The first-order chi connectivity index (χ1) is 11.9. The summed E-state index contributed by atoms with van der Waals surface area (Å²) in [5.74, 6) is 0. The monoisotopic (exact) mass is 330 g/mol. The minimum Gasteiger partial charge on any atom is -0.438 e. The molecular formula is C22H22N2O. The number of aromatic nitrogens is 2. The summed E-state index contributed by atoms with van der Waals surface area (Å²) in [7, 11) is 0. The molecule has 0 fully saturated rings. The number of pyridine rings is 2. The molecule has 1 aromatic carbocycles. The molecule has 0 spiro atoms. The standard InChI is InChI=1S/C22H22N2O/c1-14-5-7-17-18-12-16(6-8-20(18)25-21(17)24-14)19-11-15(9-10-23-19)13-22(2,3)4/h5-12H,13H2,1-4H3. The fourth-order valence-corrected chi connectivity index (χ4v) is 3.26. The van der Waals surface area contributed by atoms with Gasteiger partial charge in [-0.05, 0) is 66.8 Å². The maximum atomic E-state index is 5.88. The lowest BCUT2D eigenvalue weighted by molar-refractivity contribution is 0.411. The van der Waals surface area contributed by atoms with Crippen molar-refractivity contribution in [3.05, 3.63) is 59.9 Å². The van der Waals surface area contributed by atoms with Crippen LogP contribution in [0.15, 0.2) is 53.1 Å². The molecule has 3 heteroatoms. The average molecular weight is 330 g/mol. The molecule has 126 valence electrons. The highest BCUT2D eigenvalue weighted by Gasteiger charge is 2.13. The predicted octanol–water partition coefficient (Wildman–Crippen LogP) is 5.94. The van der Waals surface area contributed by atoms with E-state index in [4.69, 9.17) is 4.42 Å². The lowest BCUT2D eigenvalue weighted by atomic mass is 9.88. The molecule has 4 rings (SSSR count). The molecule has 0 aliphatic carbocycles. The van der Waals surface area contributed by atoms with E-state index in [1.54, 1.807) is 0 Å². The smallest absolute Gasteiger partial charge is 0.227 e. The molecular weight excluding hydrogens is 308 g/mol. The van der Waals surface area contributed by atoms with E-state index in [2.05, 4.69) is 61.1 Å². The summed E-state index contributed by atoms with van der Waals surface area (Å²) in [6.45, 7) is 8.74. The fraction of sp³-hybridized carbons (Fsp3) is 0.273. The molecule has 3 aromatic heterocycles. The van der Waals surface area contributed by atoms with Gasteiger partial charge in [0, 0.05) is 28.2 Å². The number of rotatable bonds is 2. The third-order valence-electron chi connectivity index (χ3n) is 4.33. The van der Waals surface area contributed by atoms with Gasteiger partial charge in [-0.1, -0.05) is 20.8 Å². The molecule has 3 heterocycles. The van der Waals surface area contributed by atoms with Crippen molar-refractivity contribution in [2.24, 2.45) is 5.41 Å². The van der Waals surface area contributed by atoms with Crippen LogP contribution in [-0.4, -0.2) is 9.97 Å². The van der Waals surface area contributed by atoms with Crippen LogP contribution >= 0.6 is 0 Å². The maximum Gasteiger partial charge on any atom is 0.227 e. The van der Waals surface area contributed by atoms with Crippen LogP contribution in [0.1, 0.15) is 32.0 Å². The summed E-state index contributed by atoms with van der Waals surface area (Å²) in [5.41, 5.74) is 6.19. The van der Waals surface area contributed by atoms with E-state index in [9.17, 15) is 0 Å². The number of hydrogen-bond donors (Lipinski definition) is 0. The summed E-state index contributed by atoms with van der Waals surface area (Å²) in [6.07, 6.45) is 2.93. The Labute approximate surface area is 147 Å². The number of furan rings is 1. The summed E-state index contributed by atoms with van der Waals surface area (Å²) in [4.78, 5) is 9.07. The highest BCUT2D eigenvalue weighted by Crippen LogP contribution is 2.32. The molecule has 0 saturated carbocycles. The first-order valence-corrected chi connectivity index (χ1v) is 8.64. The Morgan fingerprint density at radius 3 is 2.60 bits per heavy atom. The lowest BCUT2D eigenvalue weighted by Crippen LogP contribution is -2.09. The van der Waals surface area contributed by atoms with E-state index in [0.29, 0.717) is 5.71 Å². The van der Waals surface area contributed by atoms with Crippen LogP contribution in [-0.2, 0) is 6.42 Å². The summed E-state index contributed by atoms with van der Waals surface area (Å²) < 4.78 is 5.88. The van der Waals surface area contributed by atoms with Gasteiger partial charge < -0.3 is 4.42 Å². The second-order valence-electron chi connectivity index (χ2n) is 7.91. The van der Waals surface area contributed by atoms with Crippen molar-refractivity contribution in [3.8, 4) is 11.3 Å². The van der Waals surface area contributed by atoms with E-state index < -0.39 is 0 Å². The highest BCUT2D eigenvalue weighted by atomic mass is 16.3. The summed E-state index contributed by atoms with van der Waals surface area (Å²) in [5, 5.41) is 2.14. The molecule has 4 aromatic rings. The molecule has 3 nitrogen and oxygen atoms in total. The van der Waals surface area contributed by atoms with E-state index >= 15 is 0 Å². The Balaban J connectivity index is 1.82. The zero-order valence-electron chi connectivity index (χ0n) is 15.1. The Hall–Kier alpha value is -2.68. The largest absolute Gasteiger partial charge is 0.438 e. The molecule has 0 bridgehead atoms.